The summed E-state index contributed by atoms with van der Waals surface area (Å²) in [6.07, 6.45) is 5.87. The molecule has 1 N–H and O–H groups in total. The van der Waals surface area contributed by atoms with Gasteiger partial charge in [-0.05, 0) is 51.5 Å². The van der Waals surface area contributed by atoms with Crippen LogP contribution in [-0.2, 0) is 29.4 Å². The molecule has 44 heavy (non-hydrogen) atoms. The van der Waals surface area contributed by atoms with Crippen molar-refractivity contribution in [3.63, 3.8) is 0 Å². The number of carbonyl (C=O) groups is 2. The summed E-state index contributed by atoms with van der Waals surface area (Å²) in [6.45, 7) is 9.36. The number of anilines is 1. The van der Waals surface area contributed by atoms with Crippen molar-refractivity contribution in [3.05, 3.63) is 54.9 Å². The Morgan fingerprint density at radius 2 is 1.70 bits per heavy atom. The number of benzene rings is 1. The van der Waals surface area contributed by atoms with Crippen molar-refractivity contribution >= 4 is 88.7 Å². The Kier molecular flexibility index (Phi) is 12.5. The van der Waals surface area contributed by atoms with Crippen LogP contribution in [0.15, 0.2) is 45.1 Å². The van der Waals surface area contributed by atoms with E-state index in [2.05, 4.69) is 29.3 Å². The topological polar surface area (TPSA) is 102 Å². The minimum Gasteiger partial charge on any atom is -0.373 e. The van der Waals surface area contributed by atoms with E-state index in [1.54, 1.807) is 24.9 Å². The molecule has 1 aromatic carbocycles. The van der Waals surface area contributed by atoms with Crippen molar-refractivity contribution in [1.82, 2.24) is 14.8 Å². The van der Waals surface area contributed by atoms with Crippen LogP contribution in [-0.4, -0.2) is 74.0 Å². The Hall–Kier alpha value is -2.24. The van der Waals surface area contributed by atoms with Gasteiger partial charge in [0.2, 0.25) is 5.91 Å². The highest BCUT2D eigenvalue weighted by atomic mass is 32.2. The summed E-state index contributed by atoms with van der Waals surface area (Å²) in [7, 11) is -1.55. The lowest BCUT2D eigenvalue weighted by molar-refractivity contribution is -0.122. The first kappa shape index (κ1) is 34.6. The molecule has 1 saturated heterocycles. The van der Waals surface area contributed by atoms with Gasteiger partial charge in [0.25, 0.3) is 11.5 Å². The van der Waals surface area contributed by atoms with Crippen LogP contribution in [0.4, 0.5) is 5.69 Å². The van der Waals surface area contributed by atoms with Crippen LogP contribution in [0.5, 0.6) is 0 Å². The lowest BCUT2D eigenvalue weighted by Gasteiger charge is -2.28. The third kappa shape index (κ3) is 7.75. The quantitative estimate of drug-likeness (QED) is 0.234. The van der Waals surface area contributed by atoms with Gasteiger partial charge in [0, 0.05) is 38.3 Å². The molecule has 0 spiro atoms. The fourth-order valence-electron chi connectivity index (χ4n) is 4.63. The zero-order valence-electron chi connectivity index (χ0n) is 25.5. The summed E-state index contributed by atoms with van der Waals surface area (Å²) in [4.78, 5) is 45.3. The van der Waals surface area contributed by atoms with Crippen molar-refractivity contribution in [3.8, 4) is 0 Å². The lowest BCUT2D eigenvalue weighted by atomic mass is 10.2. The first-order valence-corrected chi connectivity index (χ1v) is 19.4. The molecule has 2 aliphatic rings. The number of rotatable bonds is 14. The maximum Gasteiger partial charge on any atom is 0.521 e. The fourth-order valence-corrected chi connectivity index (χ4v) is 10.4. The fraction of sp³-hybridized carbons (Fsp3) is 0.448. The SMILES string of the molecule is CCCCN1/C(=C/C=c2\s/c(=C3/SC(=S)N(C)C3=O)n(CC(=O)NC[Si](OCC)(OCC)OCC)c2=O)Sc2ccccc21. The average molecular weight is 695 g/mol. The van der Waals surface area contributed by atoms with E-state index in [1.807, 2.05) is 39.0 Å². The molecule has 10 nitrogen and oxygen atoms in total. The van der Waals surface area contributed by atoms with E-state index in [-0.39, 0.29) is 24.2 Å². The number of nitrogens with zero attached hydrogens (tertiary/aromatic N) is 3. The highest BCUT2D eigenvalue weighted by Gasteiger charge is 2.41. The molecule has 0 aliphatic carbocycles. The van der Waals surface area contributed by atoms with Gasteiger partial charge in [0.05, 0.1) is 21.4 Å². The third-order valence-electron chi connectivity index (χ3n) is 6.71. The van der Waals surface area contributed by atoms with Gasteiger partial charge in [0.1, 0.15) is 20.4 Å². The average Bonchev–Trinajstić information content (AvgIpc) is 3.60. The van der Waals surface area contributed by atoms with E-state index in [0.29, 0.717) is 38.2 Å². The maximum atomic E-state index is 13.8. The molecular weight excluding hydrogens is 657 g/mol. The van der Waals surface area contributed by atoms with E-state index < -0.39 is 14.7 Å². The number of hydrogen-bond donors (Lipinski definition) is 1. The van der Waals surface area contributed by atoms with Gasteiger partial charge in [-0.3, -0.25) is 23.9 Å². The number of thiocarbonyl (C=S) groups is 1. The molecule has 2 aromatic rings. The molecule has 1 fully saturated rings. The number of thioether (sulfide) groups is 2. The van der Waals surface area contributed by atoms with Crippen LogP contribution < -0.4 is 25.0 Å². The highest BCUT2D eigenvalue weighted by Crippen LogP contribution is 2.45. The number of allylic oxidation sites excluding steroid dienone is 1. The van der Waals surface area contributed by atoms with Gasteiger partial charge in [-0.1, -0.05) is 61.2 Å². The van der Waals surface area contributed by atoms with Gasteiger partial charge in [0.15, 0.2) is 0 Å². The van der Waals surface area contributed by atoms with Crippen LogP contribution in [0.1, 0.15) is 40.5 Å². The van der Waals surface area contributed by atoms with Gasteiger partial charge < -0.3 is 23.5 Å². The van der Waals surface area contributed by atoms with Crippen molar-refractivity contribution < 1.29 is 22.9 Å². The molecule has 4 rings (SSSR count). The molecule has 0 saturated carbocycles. The number of amides is 2. The highest BCUT2D eigenvalue weighted by molar-refractivity contribution is 8.30. The second kappa shape index (κ2) is 15.8. The van der Waals surface area contributed by atoms with Crippen LogP contribution in [0.3, 0.4) is 0 Å². The van der Waals surface area contributed by atoms with Gasteiger partial charge in [-0.15, -0.1) is 11.3 Å². The predicted octanol–water partition coefficient (Wildman–Crippen LogP) is 3.25. The van der Waals surface area contributed by atoms with Crippen LogP contribution in [0, 0.1) is 0 Å². The Bertz CT molecular complexity index is 1590. The number of carbonyl (C=O) groups excluding carboxylic acids is 2. The lowest BCUT2D eigenvalue weighted by Crippen LogP contribution is -2.56. The smallest absolute Gasteiger partial charge is 0.373 e. The van der Waals surface area contributed by atoms with E-state index in [4.69, 9.17) is 25.5 Å². The number of fused-ring (bicyclic) bond motifs is 1. The summed E-state index contributed by atoms with van der Waals surface area (Å²) >= 11 is 9.32. The second-order valence-corrected chi connectivity index (χ2v) is 16.1. The Morgan fingerprint density at radius 3 is 2.32 bits per heavy atom. The molecule has 1 aromatic heterocycles. The summed E-state index contributed by atoms with van der Waals surface area (Å²) in [5.74, 6) is -0.727. The first-order valence-electron chi connectivity index (χ1n) is 14.6. The summed E-state index contributed by atoms with van der Waals surface area (Å²) in [6, 6.07) is 8.24. The Labute approximate surface area is 276 Å². The van der Waals surface area contributed by atoms with Crippen LogP contribution >= 0.6 is 47.1 Å². The minimum atomic E-state index is -3.15. The van der Waals surface area contributed by atoms with Crippen molar-refractivity contribution in [2.75, 3.05) is 44.5 Å². The van der Waals surface area contributed by atoms with Gasteiger partial charge in [-0.2, -0.15) is 0 Å². The molecule has 15 heteroatoms. The summed E-state index contributed by atoms with van der Waals surface area (Å²) < 4.78 is 20.1. The monoisotopic (exact) mass is 694 g/mol. The number of para-hydroxylation sites is 1. The van der Waals surface area contributed by atoms with E-state index in [0.717, 1.165) is 46.8 Å². The van der Waals surface area contributed by atoms with Crippen molar-refractivity contribution in [2.24, 2.45) is 0 Å². The molecule has 0 bridgehead atoms. The molecule has 2 amide bonds. The number of aromatic nitrogens is 1. The molecule has 2 aliphatic heterocycles. The van der Waals surface area contributed by atoms with Gasteiger partial charge >= 0.3 is 8.80 Å². The summed E-state index contributed by atoms with van der Waals surface area (Å²) in [5.41, 5.74) is 0.791. The maximum absolute atomic E-state index is 13.8. The first-order chi connectivity index (χ1) is 21.2. The Balaban J connectivity index is 1.71. The number of unbranched alkanes of at least 4 members (excludes halogenated alkanes) is 1. The third-order valence-corrected chi connectivity index (χ3v) is 13.5. The molecule has 0 atom stereocenters. The number of nitrogens with one attached hydrogen (secondary N) is 1. The van der Waals surface area contributed by atoms with E-state index >= 15 is 0 Å². The van der Waals surface area contributed by atoms with Crippen molar-refractivity contribution in [1.29, 1.82) is 0 Å². The zero-order chi connectivity index (χ0) is 31.9. The summed E-state index contributed by atoms with van der Waals surface area (Å²) in [5, 5.41) is 3.86. The van der Waals surface area contributed by atoms with Crippen LogP contribution in [0.25, 0.3) is 11.0 Å². The molecule has 238 valence electrons. The van der Waals surface area contributed by atoms with Gasteiger partial charge in [-0.25, -0.2) is 0 Å². The minimum absolute atomic E-state index is 0.0586. The molecule has 0 radical (unpaired) electrons. The van der Waals surface area contributed by atoms with E-state index in [1.165, 1.54) is 20.8 Å². The molecule has 0 unspecified atom stereocenters. The number of hydrogen-bond acceptors (Lipinski definition) is 11. The van der Waals surface area contributed by atoms with Crippen molar-refractivity contribution in [2.45, 2.75) is 52.0 Å². The molecule has 3 heterocycles. The predicted molar refractivity (Wildman–Crippen MR) is 185 cm³/mol. The second-order valence-electron chi connectivity index (χ2n) is 9.73. The van der Waals surface area contributed by atoms with Crippen LogP contribution in [0.2, 0.25) is 0 Å². The number of thiazole rings is 1. The standard InChI is InChI=1S/C29H38N4O6S4Si/c1-6-10-17-32-20-13-11-12-14-21(20)41-24(32)16-15-22-26(35)33(28(42-22)25-27(36)31(5)29(40)43-25)18-23(34)30-19-44(37-7-2,38-8-3)39-9-4/h11-16H,6-10,17-19H2,1-5H3,(H,30,34)/b22-15-,24-16-,28-25+. The zero-order valence-corrected chi connectivity index (χ0v) is 29.8. The van der Waals surface area contributed by atoms with E-state index in [9.17, 15) is 14.4 Å². The largest absolute Gasteiger partial charge is 0.521 e. The molecular formula is C29H38N4O6S4Si. The normalized spacial score (nSPS) is 17.8. The Morgan fingerprint density at radius 1 is 1.02 bits per heavy atom.